The smallest absolute Gasteiger partial charge is 0.427 e. The highest BCUT2D eigenvalue weighted by Gasteiger charge is 2.62. The summed E-state index contributed by atoms with van der Waals surface area (Å²) in [6, 6.07) is 1.03. The van der Waals surface area contributed by atoms with Gasteiger partial charge in [0.2, 0.25) is 33.3 Å². The summed E-state index contributed by atoms with van der Waals surface area (Å²) >= 11 is 0. The number of rotatable bonds is 9. The van der Waals surface area contributed by atoms with Crippen molar-refractivity contribution in [1.82, 2.24) is 25.2 Å². The van der Waals surface area contributed by atoms with E-state index in [1.165, 1.54) is 31.5 Å². The molecule has 3 N–H and O–H groups in total. The number of amides is 4. The third-order valence-electron chi connectivity index (χ3n) is 11.6. The second-order valence-electron chi connectivity index (χ2n) is 16.3. The molecule has 7 atom stereocenters. The number of methoxy groups -OCH3 is 1. The minimum atomic E-state index is -4.94. The number of nitrogens with one attached hydrogen (secondary N) is 3. The van der Waals surface area contributed by atoms with Crippen LogP contribution in [0.2, 0.25) is 0 Å². The van der Waals surface area contributed by atoms with Crippen molar-refractivity contribution in [2.75, 3.05) is 13.7 Å². The van der Waals surface area contributed by atoms with Crippen LogP contribution in [0, 0.1) is 23.6 Å². The van der Waals surface area contributed by atoms with Crippen LogP contribution in [0.25, 0.3) is 10.8 Å². The number of aromatic nitrogens is 1. The van der Waals surface area contributed by atoms with Gasteiger partial charge in [-0.1, -0.05) is 32.4 Å². The van der Waals surface area contributed by atoms with Crippen LogP contribution in [-0.4, -0.2) is 96.5 Å². The molecule has 2 saturated carbocycles. The highest BCUT2D eigenvalue weighted by molar-refractivity contribution is 7.91. The Morgan fingerprint density at radius 3 is 2.48 bits per heavy atom. The topological polar surface area (TPSA) is 182 Å². The number of fused-ring (bicyclic) bond motifs is 3. The first-order valence-electron chi connectivity index (χ1n) is 19.4. The van der Waals surface area contributed by atoms with E-state index in [0.29, 0.717) is 63.5 Å². The van der Waals surface area contributed by atoms with Gasteiger partial charge in [0.05, 0.1) is 30.5 Å². The largest absolute Gasteiger partial charge is 0.494 e. The van der Waals surface area contributed by atoms with Gasteiger partial charge < -0.3 is 29.7 Å². The van der Waals surface area contributed by atoms with E-state index in [-0.39, 0.29) is 36.6 Å². The molecule has 0 bridgehead atoms. The van der Waals surface area contributed by atoms with Crippen LogP contribution in [0.1, 0.15) is 79.1 Å². The van der Waals surface area contributed by atoms with Crippen LogP contribution >= 0.6 is 0 Å². The number of hydrogen-bond donors (Lipinski definition) is 3. The number of allylic oxidation sites excluding steroid dienone is 1. The van der Waals surface area contributed by atoms with Crippen molar-refractivity contribution < 1.29 is 59.4 Å². The van der Waals surface area contributed by atoms with E-state index in [1.807, 2.05) is 13.0 Å². The number of halogens is 4. The van der Waals surface area contributed by atoms with E-state index < -0.39 is 92.2 Å². The Hall–Kier alpha value is -4.68. The number of carbonyl (C=O) groups excluding carboxylic acids is 4. The van der Waals surface area contributed by atoms with Gasteiger partial charge in [0.1, 0.15) is 35.3 Å². The molecule has 2 aliphatic heterocycles. The molecule has 4 aliphatic rings. The highest BCUT2D eigenvalue weighted by atomic mass is 32.2. The predicted molar refractivity (Wildman–Crippen MR) is 201 cm³/mol. The van der Waals surface area contributed by atoms with E-state index in [2.05, 4.69) is 20.3 Å². The monoisotopic (exact) mass is 839 g/mol. The molecule has 4 amide bonds. The third kappa shape index (κ3) is 8.98. The fourth-order valence-electron chi connectivity index (χ4n) is 7.74. The number of ether oxygens (including phenoxy) is 3. The summed E-state index contributed by atoms with van der Waals surface area (Å²) in [4.78, 5) is 61.8. The summed E-state index contributed by atoms with van der Waals surface area (Å²) in [5, 5.41) is 5.11. The first-order chi connectivity index (χ1) is 27.2. The maximum atomic E-state index is 14.8. The van der Waals surface area contributed by atoms with Gasteiger partial charge in [-0.3, -0.25) is 19.1 Å². The predicted octanol–water partition coefficient (Wildman–Crippen LogP) is 5.05. The zero-order chi connectivity index (χ0) is 42.4. The number of nitrogens with zero attached hydrogens (tertiary/aromatic N) is 2. The fraction of sp³-hybridized carbons (Fsp3) is 0.615. The Kier molecular flexibility index (Phi) is 12.0. The van der Waals surface area contributed by atoms with Crippen LogP contribution in [0.3, 0.4) is 0 Å². The van der Waals surface area contributed by atoms with Gasteiger partial charge in [0.25, 0.3) is 5.91 Å². The lowest BCUT2D eigenvalue weighted by Gasteiger charge is -2.35. The quantitative estimate of drug-likeness (QED) is 0.228. The molecule has 14 nitrogen and oxygen atoms in total. The highest BCUT2D eigenvalue weighted by Crippen LogP contribution is 2.46. The lowest BCUT2D eigenvalue weighted by atomic mass is 9.85. The molecule has 0 unspecified atom stereocenters. The van der Waals surface area contributed by atoms with Gasteiger partial charge in [0.15, 0.2) is 0 Å². The van der Waals surface area contributed by atoms with E-state index in [9.17, 15) is 45.2 Å². The molecule has 1 aromatic carbocycles. The number of pyridine rings is 1. The van der Waals surface area contributed by atoms with Gasteiger partial charge in [-0.25, -0.2) is 22.6 Å². The lowest BCUT2D eigenvalue weighted by Crippen LogP contribution is -2.59. The molecular formula is C39H49F4N5O9S. The minimum Gasteiger partial charge on any atom is -0.494 e. The molecule has 58 heavy (non-hydrogen) atoms. The van der Waals surface area contributed by atoms with Crippen LogP contribution < -0.4 is 24.8 Å². The Morgan fingerprint density at radius 2 is 1.83 bits per heavy atom. The molecule has 2 aliphatic carbocycles. The third-order valence-corrected chi connectivity index (χ3v) is 13.4. The number of sulfonamides is 1. The van der Waals surface area contributed by atoms with Crippen molar-refractivity contribution in [3.8, 4) is 11.6 Å². The van der Waals surface area contributed by atoms with Gasteiger partial charge in [0, 0.05) is 17.7 Å². The SMILES string of the molecule is CC[C@@H]1C[C@@H](C)CC/C=C\[C@@H]2C[C@@]2(C(=O)NS(=O)(=O)C2CC2)NC(=O)[C@@H]2C[C@@H](Oc3ncc(OC)c4ccc(F)cc34)CN2C(=O)[C@H]1NC(=O)OC(C)(C)C(F)(F)F. The maximum absolute atomic E-state index is 14.8. The summed E-state index contributed by atoms with van der Waals surface area (Å²) in [7, 11) is -2.60. The van der Waals surface area contributed by atoms with Crippen molar-refractivity contribution in [3.05, 3.63) is 42.4 Å². The molecule has 0 spiro atoms. The Morgan fingerprint density at radius 1 is 1.10 bits per heavy atom. The first kappa shape index (κ1) is 42.9. The molecule has 6 rings (SSSR count). The standard InChI is InChI=1S/C39H49F4N5O9S/c1-6-22-15-21(2)9-7-8-10-23-18-38(23,35(51)47-58(53,54)26-12-13-26)46-32(49)29-17-25(56-33-28-16-24(40)11-14-27(28)30(55-5)19-44-33)20-48(29)34(50)31(22)45-36(52)57-37(3,4)39(41,42)43/h8,10-11,14,16,19,21-23,25-26,29,31H,6-7,9,12-13,15,17-18,20H2,1-5H3,(H,45,52)(H,46,49)(H,47,51)/b10-8-/t21-,22+,23+,25+,29-,31-,38+/m0/s1. The molecule has 1 saturated heterocycles. The summed E-state index contributed by atoms with van der Waals surface area (Å²) in [5.41, 5.74) is -4.58. The van der Waals surface area contributed by atoms with Crippen molar-refractivity contribution >= 4 is 44.6 Å². The molecule has 318 valence electrons. The van der Waals surface area contributed by atoms with E-state index in [0.717, 1.165) is 4.90 Å². The number of hydrogen-bond acceptors (Lipinski definition) is 10. The lowest BCUT2D eigenvalue weighted by molar-refractivity contribution is -0.244. The fourth-order valence-corrected chi connectivity index (χ4v) is 9.11. The molecule has 0 radical (unpaired) electrons. The maximum Gasteiger partial charge on any atom is 0.427 e. The van der Waals surface area contributed by atoms with Crippen molar-refractivity contribution in [3.63, 3.8) is 0 Å². The normalized spacial score (nSPS) is 28.9. The Balaban J connectivity index is 1.38. The molecule has 1 aromatic heterocycles. The van der Waals surface area contributed by atoms with Crippen LogP contribution in [0.15, 0.2) is 36.5 Å². The zero-order valence-corrected chi connectivity index (χ0v) is 33.7. The van der Waals surface area contributed by atoms with Gasteiger partial charge in [-0.2, -0.15) is 13.2 Å². The van der Waals surface area contributed by atoms with E-state index >= 15 is 0 Å². The van der Waals surface area contributed by atoms with Gasteiger partial charge >= 0.3 is 12.3 Å². The minimum absolute atomic E-state index is 0.0442. The zero-order valence-electron chi connectivity index (χ0n) is 32.9. The van der Waals surface area contributed by atoms with Crippen LogP contribution in [0.4, 0.5) is 22.4 Å². The van der Waals surface area contributed by atoms with Crippen molar-refractivity contribution in [2.45, 2.75) is 120 Å². The summed E-state index contributed by atoms with van der Waals surface area (Å²) in [6.07, 6.45) is -0.00479. The van der Waals surface area contributed by atoms with Crippen molar-refractivity contribution in [2.24, 2.45) is 17.8 Å². The molecule has 3 heterocycles. The van der Waals surface area contributed by atoms with E-state index in [4.69, 9.17) is 14.2 Å². The average Bonchev–Trinajstić information content (AvgIpc) is 4.07. The van der Waals surface area contributed by atoms with Crippen LogP contribution in [-0.2, 0) is 29.1 Å². The van der Waals surface area contributed by atoms with Gasteiger partial charge in [-0.05, 0) is 82.4 Å². The average molecular weight is 840 g/mol. The number of carbonyl (C=O) groups is 4. The van der Waals surface area contributed by atoms with Gasteiger partial charge in [-0.15, -0.1) is 0 Å². The van der Waals surface area contributed by atoms with Crippen LogP contribution in [0.5, 0.6) is 11.6 Å². The second kappa shape index (κ2) is 16.2. The second-order valence-corrected chi connectivity index (χ2v) is 18.2. The summed E-state index contributed by atoms with van der Waals surface area (Å²) < 4.78 is 100. The van der Waals surface area contributed by atoms with E-state index in [1.54, 1.807) is 13.0 Å². The molecule has 3 fully saturated rings. The number of alkyl halides is 3. The van der Waals surface area contributed by atoms with Crippen molar-refractivity contribution in [1.29, 1.82) is 0 Å². The molecular weight excluding hydrogens is 791 g/mol. The first-order valence-corrected chi connectivity index (χ1v) is 20.9. The molecule has 2 aromatic rings. The summed E-state index contributed by atoms with van der Waals surface area (Å²) in [6.45, 7) is 4.76. The number of alkyl carbamates (subject to hydrolysis) is 1. The summed E-state index contributed by atoms with van der Waals surface area (Å²) in [5.74, 6) is -4.15. The molecule has 19 heteroatoms. The Labute approximate surface area is 333 Å². The Bertz CT molecular complexity index is 2080. The number of benzene rings is 1.